The summed E-state index contributed by atoms with van der Waals surface area (Å²) in [6.45, 7) is 9.29. The number of aliphatic imine (C=N–C) groups is 1. The van der Waals surface area contributed by atoms with Crippen LogP contribution in [0.5, 0.6) is 11.5 Å². The topological polar surface area (TPSA) is 156 Å². The van der Waals surface area contributed by atoms with Crippen molar-refractivity contribution in [2.45, 2.75) is 84.4 Å². The van der Waals surface area contributed by atoms with Gasteiger partial charge in [-0.3, -0.25) is 13.9 Å². The maximum atomic E-state index is 13.7. The molecular formula is C39H49ClN8O5S. The molecule has 0 spiro atoms. The molecule has 288 valence electrons. The molecule has 13 nitrogen and oxygen atoms in total. The van der Waals surface area contributed by atoms with Crippen molar-refractivity contribution in [2.75, 3.05) is 30.9 Å². The number of fused-ring (bicyclic) bond motifs is 2. The second-order valence-electron chi connectivity index (χ2n) is 14.7. The molecule has 54 heavy (non-hydrogen) atoms. The van der Waals surface area contributed by atoms with Gasteiger partial charge in [0.25, 0.3) is 0 Å². The van der Waals surface area contributed by atoms with Crippen LogP contribution in [0, 0.1) is 10.8 Å². The van der Waals surface area contributed by atoms with Crippen molar-refractivity contribution in [1.82, 2.24) is 25.2 Å². The number of nitrogens with one attached hydrogen (secondary N) is 3. The Kier molecular flexibility index (Phi) is 12.5. The van der Waals surface area contributed by atoms with E-state index in [0.29, 0.717) is 46.9 Å². The number of carbonyl (C=O) groups excluding carboxylic acids is 1. The van der Waals surface area contributed by atoms with Gasteiger partial charge in [-0.05, 0) is 79.8 Å². The van der Waals surface area contributed by atoms with Gasteiger partial charge in [-0.15, -0.1) is 10.2 Å². The smallest absolute Gasteiger partial charge is 0.320 e. The molecule has 15 heteroatoms. The Morgan fingerprint density at radius 3 is 2.61 bits per heavy atom. The molecule has 0 saturated carbocycles. The summed E-state index contributed by atoms with van der Waals surface area (Å²) in [6.07, 6.45) is 8.15. The lowest BCUT2D eigenvalue weighted by molar-refractivity contribution is 0.171. The van der Waals surface area contributed by atoms with E-state index in [9.17, 15) is 9.00 Å². The van der Waals surface area contributed by atoms with Gasteiger partial charge in [-0.25, -0.2) is 14.0 Å². The Balaban J connectivity index is 1.16. The highest BCUT2D eigenvalue weighted by molar-refractivity contribution is 7.79. The number of benzene rings is 2. The number of aromatic nitrogens is 3. The van der Waals surface area contributed by atoms with Crippen molar-refractivity contribution >= 4 is 57.5 Å². The average Bonchev–Trinajstić information content (AvgIpc) is 3.55. The van der Waals surface area contributed by atoms with Gasteiger partial charge in [0.1, 0.15) is 30.0 Å². The second kappa shape index (κ2) is 17.3. The summed E-state index contributed by atoms with van der Waals surface area (Å²) >= 11 is 4.96. The van der Waals surface area contributed by atoms with Crippen molar-refractivity contribution in [2.24, 2.45) is 10.4 Å². The Bertz CT molecular complexity index is 2030. The first kappa shape index (κ1) is 39.2. The molecule has 3 N–H and O–H groups in total. The summed E-state index contributed by atoms with van der Waals surface area (Å²) in [7, 11) is 0. The first-order valence-corrected chi connectivity index (χ1v) is 20.2. The number of amidine groups is 1. The maximum Gasteiger partial charge on any atom is 0.320 e. The van der Waals surface area contributed by atoms with Gasteiger partial charge in [-0.2, -0.15) is 0 Å². The van der Waals surface area contributed by atoms with Crippen molar-refractivity contribution in [3.8, 4) is 11.5 Å². The predicted molar refractivity (Wildman–Crippen MR) is 213 cm³/mol. The molecular weight excluding hydrogens is 728 g/mol. The fourth-order valence-electron chi connectivity index (χ4n) is 6.71. The molecule has 2 amide bonds. The van der Waals surface area contributed by atoms with E-state index in [0.717, 1.165) is 47.9 Å². The first-order chi connectivity index (χ1) is 25.9. The number of urea groups is 1. The number of carbonyl (C=O) groups is 1. The minimum Gasteiger partial charge on any atom is -0.489 e. The molecule has 6 rings (SSSR count). The van der Waals surface area contributed by atoms with E-state index >= 15 is 0 Å². The van der Waals surface area contributed by atoms with Gasteiger partial charge in [0.2, 0.25) is 5.95 Å². The van der Waals surface area contributed by atoms with E-state index < -0.39 is 22.5 Å². The minimum atomic E-state index is -1.40. The SMILES string of the molecule is CC1CCCCN1c1nnc2ccc(OC3CCC(NC(=O)NC(CC(=N)C(C)(C)C)=Nc4ccc(Cl)c(OCCOS(C)=O)c4)c4ccccc43)cn12. The molecule has 2 aromatic heterocycles. The quantitative estimate of drug-likeness (QED) is 0.0746. The van der Waals surface area contributed by atoms with E-state index in [2.05, 4.69) is 38.7 Å². The molecule has 1 aliphatic carbocycles. The van der Waals surface area contributed by atoms with Crippen LogP contribution in [0.15, 0.2) is 65.8 Å². The lowest BCUT2D eigenvalue weighted by atomic mass is 9.85. The second-order valence-corrected chi connectivity index (χ2v) is 16.2. The standard InChI is InChI=1S/C39H49ClN8O5S/c1-25-10-8-9-19-47(25)38-46-45-36-18-14-27(24-48(36)38)53-32-17-16-31(28-11-6-7-12-29(28)32)43-37(49)44-35(23-34(41)39(2,3)4)42-26-13-15-30(40)33(22-26)51-20-21-52-54(5)50/h6-7,11-15,18,22,24-25,31-32,41H,8-10,16-17,19-21,23H2,1-5H3,(H2,42,43,44,49). The van der Waals surface area contributed by atoms with Crippen LogP contribution in [-0.4, -0.2) is 68.4 Å². The highest BCUT2D eigenvalue weighted by Crippen LogP contribution is 2.39. The molecule has 3 heterocycles. The predicted octanol–water partition coefficient (Wildman–Crippen LogP) is 7.89. The summed E-state index contributed by atoms with van der Waals surface area (Å²) in [5, 5.41) is 24.1. The zero-order chi connectivity index (χ0) is 38.4. The first-order valence-electron chi connectivity index (χ1n) is 18.3. The van der Waals surface area contributed by atoms with Gasteiger partial charge >= 0.3 is 6.03 Å². The Morgan fingerprint density at radius 1 is 1.06 bits per heavy atom. The average molecular weight is 777 g/mol. The number of nitrogens with zero attached hydrogens (tertiary/aromatic N) is 5. The molecule has 1 aliphatic heterocycles. The zero-order valence-electron chi connectivity index (χ0n) is 31.4. The molecule has 1 saturated heterocycles. The molecule has 4 unspecified atom stereocenters. The van der Waals surface area contributed by atoms with Gasteiger partial charge in [-0.1, -0.05) is 56.6 Å². The molecule has 1 fully saturated rings. The maximum absolute atomic E-state index is 13.7. The highest BCUT2D eigenvalue weighted by Gasteiger charge is 2.30. The van der Waals surface area contributed by atoms with E-state index in [1.807, 2.05) is 61.7 Å². The molecule has 4 atom stereocenters. The minimum absolute atomic E-state index is 0.123. The number of piperidine rings is 1. The number of anilines is 1. The lowest BCUT2D eigenvalue weighted by Gasteiger charge is -2.33. The van der Waals surface area contributed by atoms with Gasteiger partial charge in [0.15, 0.2) is 16.7 Å². The molecule has 0 bridgehead atoms. The summed E-state index contributed by atoms with van der Waals surface area (Å²) in [6, 6.07) is 16.6. The lowest BCUT2D eigenvalue weighted by Crippen LogP contribution is -2.43. The largest absolute Gasteiger partial charge is 0.489 e. The number of rotatable bonds is 12. The Hall–Kier alpha value is -4.53. The third-order valence-electron chi connectivity index (χ3n) is 9.71. The van der Waals surface area contributed by atoms with E-state index in [1.54, 1.807) is 18.2 Å². The van der Waals surface area contributed by atoms with Crippen LogP contribution in [0.3, 0.4) is 0 Å². The van der Waals surface area contributed by atoms with Crippen molar-refractivity contribution < 1.29 is 22.7 Å². The Morgan fingerprint density at radius 2 is 1.85 bits per heavy atom. The van der Waals surface area contributed by atoms with Crippen molar-refractivity contribution in [1.29, 1.82) is 5.41 Å². The summed E-state index contributed by atoms with van der Waals surface area (Å²) < 4.78 is 30.7. The molecule has 0 radical (unpaired) electrons. The van der Waals surface area contributed by atoms with Crippen LogP contribution in [0.1, 0.15) is 89.5 Å². The van der Waals surface area contributed by atoms with Crippen LogP contribution in [0.2, 0.25) is 5.02 Å². The Labute approximate surface area is 324 Å². The number of pyridine rings is 1. The monoisotopic (exact) mass is 776 g/mol. The van der Waals surface area contributed by atoms with Crippen LogP contribution in [0.4, 0.5) is 16.4 Å². The number of amides is 2. The molecule has 2 aliphatic rings. The van der Waals surface area contributed by atoms with E-state index in [1.165, 1.54) is 12.7 Å². The van der Waals surface area contributed by atoms with Crippen LogP contribution >= 0.6 is 11.6 Å². The van der Waals surface area contributed by atoms with Crippen molar-refractivity contribution in [3.05, 3.63) is 76.9 Å². The zero-order valence-corrected chi connectivity index (χ0v) is 33.0. The fraction of sp³-hybridized carbons (Fsp3) is 0.462. The number of hydrogen-bond donors (Lipinski definition) is 3. The normalized spacial score (nSPS) is 19.6. The summed E-state index contributed by atoms with van der Waals surface area (Å²) in [5.41, 5.74) is 3.22. The summed E-state index contributed by atoms with van der Waals surface area (Å²) in [5.74, 6) is 2.23. The summed E-state index contributed by atoms with van der Waals surface area (Å²) in [4.78, 5) is 20.7. The van der Waals surface area contributed by atoms with E-state index in [4.69, 9.17) is 35.7 Å². The highest BCUT2D eigenvalue weighted by atomic mass is 35.5. The number of hydrogen-bond acceptors (Lipinski definition) is 10. The number of ether oxygens (including phenoxy) is 2. The van der Waals surface area contributed by atoms with Gasteiger partial charge < -0.3 is 25.1 Å². The van der Waals surface area contributed by atoms with Gasteiger partial charge in [0.05, 0.1) is 29.6 Å². The third-order valence-corrected chi connectivity index (χ3v) is 10.5. The number of halogens is 1. The molecule has 4 aromatic rings. The van der Waals surface area contributed by atoms with Crippen LogP contribution in [0.25, 0.3) is 5.65 Å². The van der Waals surface area contributed by atoms with Gasteiger partial charge in [0, 0.05) is 37.0 Å². The third kappa shape index (κ3) is 9.76. The fourth-order valence-corrected chi connectivity index (χ4v) is 7.18. The van der Waals surface area contributed by atoms with E-state index in [-0.39, 0.29) is 31.8 Å². The van der Waals surface area contributed by atoms with Crippen LogP contribution < -0.4 is 25.0 Å². The molecule has 2 aromatic carbocycles. The van der Waals surface area contributed by atoms with Crippen molar-refractivity contribution in [3.63, 3.8) is 0 Å². The van der Waals surface area contributed by atoms with Crippen LogP contribution in [-0.2, 0) is 15.3 Å².